The standard InChI is InChI=1S/C58H100O6/c1-4-7-10-13-16-19-22-24-26-28-29-31-32-34-36-39-42-45-48-51-57(60)63-54-55(53-62-56(59)50-47-44-41-38-21-18-15-12-9-6-3)64-58(61)52-49-46-43-40-37-35-33-30-27-25-23-20-17-14-11-8-5-2/h8,11-12,15,17,20,25,27,33,35,40,43,55H,4-7,9-10,13-14,16,18-19,21-24,26,28-32,34,36-39,41-42,44-54H2,1-3H3/b11-8-,15-12-,20-17-,27-25-,35-33-,43-40-. The Morgan fingerprint density at radius 1 is 0.328 bits per heavy atom. The van der Waals surface area contributed by atoms with Gasteiger partial charge in [0.05, 0.1) is 0 Å². The Hall–Kier alpha value is -3.15. The Morgan fingerprint density at radius 3 is 1.08 bits per heavy atom. The second-order valence-electron chi connectivity index (χ2n) is 17.8. The van der Waals surface area contributed by atoms with Gasteiger partial charge in [0.2, 0.25) is 0 Å². The van der Waals surface area contributed by atoms with Crippen LogP contribution in [0.2, 0.25) is 0 Å². The molecule has 0 N–H and O–H groups in total. The SMILES string of the molecule is CC/C=C\C/C=C\C/C=C\C/C=C\C/C=C\CCCC(=O)OC(COC(=O)CCCCCCC/C=C\CCC)COC(=O)CCCCCCCCCCCCCCCCCCCCC. The van der Waals surface area contributed by atoms with Crippen molar-refractivity contribution in [3.05, 3.63) is 72.9 Å². The third kappa shape index (κ3) is 49.9. The third-order valence-corrected chi connectivity index (χ3v) is 11.4. The average Bonchev–Trinajstić information content (AvgIpc) is 3.29. The van der Waals surface area contributed by atoms with Gasteiger partial charge in [0, 0.05) is 19.3 Å². The molecule has 0 heterocycles. The molecule has 64 heavy (non-hydrogen) atoms. The first kappa shape index (κ1) is 60.9. The molecular formula is C58H100O6. The quantitative estimate of drug-likeness (QED) is 0.0262. The predicted octanol–water partition coefficient (Wildman–Crippen LogP) is 17.8. The van der Waals surface area contributed by atoms with Crippen LogP contribution in [0.4, 0.5) is 0 Å². The van der Waals surface area contributed by atoms with E-state index in [1.807, 2.05) is 0 Å². The van der Waals surface area contributed by atoms with E-state index in [0.29, 0.717) is 19.3 Å². The molecule has 0 fully saturated rings. The lowest BCUT2D eigenvalue weighted by molar-refractivity contribution is -0.167. The minimum atomic E-state index is -0.806. The molecule has 0 rings (SSSR count). The van der Waals surface area contributed by atoms with Gasteiger partial charge < -0.3 is 14.2 Å². The van der Waals surface area contributed by atoms with Crippen LogP contribution in [0.15, 0.2) is 72.9 Å². The fourth-order valence-corrected chi connectivity index (χ4v) is 7.42. The molecule has 0 saturated heterocycles. The molecule has 0 radical (unpaired) electrons. The van der Waals surface area contributed by atoms with Crippen LogP contribution in [0.3, 0.4) is 0 Å². The Kier molecular flexibility index (Phi) is 49.9. The number of carbonyl (C=O) groups excluding carboxylic acids is 3. The summed E-state index contributed by atoms with van der Waals surface area (Å²) in [6.07, 6.45) is 66.2. The number of ether oxygens (including phenoxy) is 3. The van der Waals surface area contributed by atoms with E-state index in [9.17, 15) is 14.4 Å². The van der Waals surface area contributed by atoms with Gasteiger partial charge in [-0.15, -0.1) is 0 Å². The summed E-state index contributed by atoms with van der Waals surface area (Å²) < 4.78 is 16.7. The van der Waals surface area contributed by atoms with Gasteiger partial charge in [-0.25, -0.2) is 0 Å². The Bertz CT molecular complexity index is 1210. The van der Waals surface area contributed by atoms with Crippen molar-refractivity contribution in [3.63, 3.8) is 0 Å². The van der Waals surface area contributed by atoms with Crippen LogP contribution in [-0.2, 0) is 28.6 Å². The fourth-order valence-electron chi connectivity index (χ4n) is 7.42. The number of esters is 3. The first-order valence-electron chi connectivity index (χ1n) is 26.9. The van der Waals surface area contributed by atoms with Crippen molar-refractivity contribution in [1.29, 1.82) is 0 Å². The van der Waals surface area contributed by atoms with E-state index in [4.69, 9.17) is 14.2 Å². The van der Waals surface area contributed by atoms with Crippen molar-refractivity contribution in [2.75, 3.05) is 13.2 Å². The molecule has 0 aromatic heterocycles. The second-order valence-corrected chi connectivity index (χ2v) is 17.8. The fraction of sp³-hybridized carbons (Fsp3) is 0.741. The molecule has 0 aliphatic carbocycles. The summed E-state index contributed by atoms with van der Waals surface area (Å²) >= 11 is 0. The minimum Gasteiger partial charge on any atom is -0.462 e. The van der Waals surface area contributed by atoms with Crippen molar-refractivity contribution >= 4 is 17.9 Å². The van der Waals surface area contributed by atoms with Gasteiger partial charge in [-0.3, -0.25) is 14.4 Å². The molecule has 0 aliphatic rings. The molecule has 0 amide bonds. The van der Waals surface area contributed by atoms with E-state index in [-0.39, 0.29) is 37.5 Å². The summed E-state index contributed by atoms with van der Waals surface area (Å²) in [6, 6.07) is 0. The summed E-state index contributed by atoms with van der Waals surface area (Å²) in [6.45, 7) is 6.42. The monoisotopic (exact) mass is 893 g/mol. The van der Waals surface area contributed by atoms with E-state index in [2.05, 4.69) is 93.7 Å². The first-order valence-corrected chi connectivity index (χ1v) is 26.9. The van der Waals surface area contributed by atoms with E-state index in [0.717, 1.165) is 96.3 Å². The number of rotatable bonds is 48. The van der Waals surface area contributed by atoms with E-state index in [1.165, 1.54) is 116 Å². The molecule has 1 unspecified atom stereocenters. The van der Waals surface area contributed by atoms with Gasteiger partial charge in [0.1, 0.15) is 13.2 Å². The minimum absolute atomic E-state index is 0.0988. The van der Waals surface area contributed by atoms with Gasteiger partial charge in [-0.05, 0) is 77.0 Å². The predicted molar refractivity (Wildman–Crippen MR) is 274 cm³/mol. The van der Waals surface area contributed by atoms with Crippen molar-refractivity contribution in [1.82, 2.24) is 0 Å². The van der Waals surface area contributed by atoms with Crippen LogP contribution < -0.4 is 0 Å². The number of hydrogen-bond donors (Lipinski definition) is 0. The number of hydrogen-bond acceptors (Lipinski definition) is 6. The molecule has 0 aromatic rings. The molecule has 0 aromatic carbocycles. The maximum absolute atomic E-state index is 12.8. The Balaban J connectivity index is 4.39. The van der Waals surface area contributed by atoms with Crippen LogP contribution in [-0.4, -0.2) is 37.2 Å². The molecule has 1 atom stereocenters. The van der Waals surface area contributed by atoms with Gasteiger partial charge >= 0.3 is 17.9 Å². The Morgan fingerprint density at radius 2 is 0.656 bits per heavy atom. The van der Waals surface area contributed by atoms with Crippen molar-refractivity contribution in [2.45, 2.75) is 264 Å². The summed E-state index contributed by atoms with van der Waals surface area (Å²) in [5.41, 5.74) is 0. The topological polar surface area (TPSA) is 78.9 Å². The molecule has 0 bridgehead atoms. The second kappa shape index (κ2) is 52.5. The molecule has 6 nitrogen and oxygen atoms in total. The molecule has 0 saturated carbocycles. The summed E-state index contributed by atoms with van der Waals surface area (Å²) in [7, 11) is 0. The molecule has 368 valence electrons. The highest BCUT2D eigenvalue weighted by molar-refractivity contribution is 5.71. The van der Waals surface area contributed by atoms with E-state index >= 15 is 0 Å². The van der Waals surface area contributed by atoms with Crippen LogP contribution in [0.5, 0.6) is 0 Å². The average molecular weight is 893 g/mol. The van der Waals surface area contributed by atoms with Crippen LogP contribution >= 0.6 is 0 Å². The van der Waals surface area contributed by atoms with Gasteiger partial charge in [0.15, 0.2) is 6.10 Å². The highest BCUT2D eigenvalue weighted by Gasteiger charge is 2.19. The summed E-state index contributed by atoms with van der Waals surface area (Å²) in [5.74, 6) is -0.964. The zero-order valence-corrected chi connectivity index (χ0v) is 42.0. The third-order valence-electron chi connectivity index (χ3n) is 11.4. The highest BCUT2D eigenvalue weighted by atomic mass is 16.6. The van der Waals surface area contributed by atoms with Crippen molar-refractivity contribution in [3.8, 4) is 0 Å². The lowest BCUT2D eigenvalue weighted by Crippen LogP contribution is -2.30. The number of unbranched alkanes of at least 4 members (excludes halogenated alkanes) is 25. The zero-order chi connectivity index (χ0) is 46.5. The number of carbonyl (C=O) groups is 3. The zero-order valence-electron chi connectivity index (χ0n) is 42.0. The van der Waals surface area contributed by atoms with Gasteiger partial charge in [-0.1, -0.05) is 235 Å². The maximum atomic E-state index is 12.8. The Labute approximate surface area is 395 Å². The lowest BCUT2D eigenvalue weighted by atomic mass is 10.0. The van der Waals surface area contributed by atoms with E-state index < -0.39 is 6.10 Å². The maximum Gasteiger partial charge on any atom is 0.306 e. The smallest absolute Gasteiger partial charge is 0.306 e. The van der Waals surface area contributed by atoms with Crippen molar-refractivity contribution in [2.24, 2.45) is 0 Å². The molecule has 0 spiro atoms. The highest BCUT2D eigenvalue weighted by Crippen LogP contribution is 2.16. The normalized spacial score (nSPS) is 12.6. The first-order chi connectivity index (χ1) is 31.5. The molecular weight excluding hydrogens is 793 g/mol. The molecule has 6 heteroatoms. The van der Waals surface area contributed by atoms with Crippen LogP contribution in [0.1, 0.15) is 258 Å². The van der Waals surface area contributed by atoms with Crippen LogP contribution in [0.25, 0.3) is 0 Å². The van der Waals surface area contributed by atoms with Crippen LogP contribution in [0, 0.1) is 0 Å². The summed E-state index contributed by atoms with van der Waals surface area (Å²) in [5, 5.41) is 0. The van der Waals surface area contributed by atoms with Crippen molar-refractivity contribution < 1.29 is 28.6 Å². The van der Waals surface area contributed by atoms with E-state index in [1.54, 1.807) is 0 Å². The largest absolute Gasteiger partial charge is 0.462 e. The van der Waals surface area contributed by atoms with Gasteiger partial charge in [-0.2, -0.15) is 0 Å². The summed E-state index contributed by atoms with van der Waals surface area (Å²) in [4.78, 5) is 38.0. The lowest BCUT2D eigenvalue weighted by Gasteiger charge is -2.18. The molecule has 0 aliphatic heterocycles. The van der Waals surface area contributed by atoms with Gasteiger partial charge in [0.25, 0.3) is 0 Å². The number of allylic oxidation sites excluding steroid dienone is 12.